The fraction of sp³-hybridized carbons (Fsp3) is 0.364. The molecule has 15 heavy (non-hydrogen) atoms. The largest absolute Gasteiger partial charge is 0.241 e. The van der Waals surface area contributed by atoms with E-state index in [9.17, 15) is 0 Å². The highest BCUT2D eigenvalue weighted by Gasteiger charge is 2.18. The molecule has 0 saturated heterocycles. The molecule has 2 aromatic rings. The molecule has 4 heteroatoms. The fourth-order valence-electron chi connectivity index (χ4n) is 2.07. The molecule has 0 N–H and O–H groups in total. The molecule has 0 bridgehead atoms. The van der Waals surface area contributed by atoms with Crippen molar-refractivity contribution < 1.29 is 0 Å². The van der Waals surface area contributed by atoms with Crippen molar-refractivity contribution in [3.8, 4) is 5.82 Å². The molecule has 3 rings (SSSR count). The van der Waals surface area contributed by atoms with Crippen molar-refractivity contribution in [3.63, 3.8) is 0 Å². The predicted octanol–water partition coefficient (Wildman–Crippen LogP) is 1.46. The summed E-state index contributed by atoms with van der Waals surface area (Å²) in [6, 6.07) is 1.99. The topological polar surface area (TPSA) is 43.6 Å². The summed E-state index contributed by atoms with van der Waals surface area (Å²) in [6.07, 6.45) is 6.92. The van der Waals surface area contributed by atoms with Gasteiger partial charge in [-0.05, 0) is 32.3 Å². The molecule has 2 aromatic heterocycles. The zero-order chi connectivity index (χ0) is 10.3. The fourth-order valence-corrected chi connectivity index (χ4v) is 2.07. The molecule has 0 atom stereocenters. The van der Waals surface area contributed by atoms with E-state index < -0.39 is 0 Å². The van der Waals surface area contributed by atoms with Crippen molar-refractivity contribution in [2.24, 2.45) is 0 Å². The van der Waals surface area contributed by atoms with Gasteiger partial charge in [-0.25, -0.2) is 14.6 Å². The zero-order valence-electron chi connectivity index (χ0n) is 8.64. The van der Waals surface area contributed by atoms with Gasteiger partial charge in [0.2, 0.25) is 0 Å². The Hall–Kier alpha value is -1.71. The van der Waals surface area contributed by atoms with Gasteiger partial charge in [0.25, 0.3) is 0 Å². The minimum atomic E-state index is 0.950. The van der Waals surface area contributed by atoms with E-state index in [1.54, 1.807) is 6.33 Å². The number of hydrogen-bond donors (Lipinski definition) is 0. The number of aromatic nitrogens is 4. The first-order chi connectivity index (χ1) is 7.34. The van der Waals surface area contributed by atoms with Gasteiger partial charge in [0.1, 0.15) is 6.33 Å². The molecule has 2 heterocycles. The Labute approximate surface area is 88.0 Å². The van der Waals surface area contributed by atoms with E-state index >= 15 is 0 Å². The van der Waals surface area contributed by atoms with E-state index in [-0.39, 0.29) is 0 Å². The van der Waals surface area contributed by atoms with Gasteiger partial charge < -0.3 is 0 Å². The van der Waals surface area contributed by atoms with Crippen LogP contribution >= 0.6 is 0 Å². The molecule has 76 valence electrons. The number of hydrogen-bond acceptors (Lipinski definition) is 3. The van der Waals surface area contributed by atoms with Gasteiger partial charge >= 0.3 is 0 Å². The number of rotatable bonds is 1. The third-order valence-corrected chi connectivity index (χ3v) is 2.79. The van der Waals surface area contributed by atoms with E-state index in [0.29, 0.717) is 0 Å². The lowest BCUT2D eigenvalue weighted by molar-refractivity contribution is 0.808. The first kappa shape index (κ1) is 8.59. The van der Waals surface area contributed by atoms with Crippen LogP contribution in [-0.2, 0) is 12.8 Å². The summed E-state index contributed by atoms with van der Waals surface area (Å²) in [4.78, 5) is 8.62. The summed E-state index contributed by atoms with van der Waals surface area (Å²) in [7, 11) is 0. The molecule has 4 nitrogen and oxygen atoms in total. The summed E-state index contributed by atoms with van der Waals surface area (Å²) in [5, 5.41) is 4.38. The average molecular weight is 200 g/mol. The van der Waals surface area contributed by atoms with Crippen LogP contribution in [0.15, 0.2) is 18.6 Å². The van der Waals surface area contributed by atoms with Crippen LogP contribution in [0.4, 0.5) is 0 Å². The Morgan fingerprint density at radius 3 is 3.00 bits per heavy atom. The highest BCUT2D eigenvalue weighted by atomic mass is 15.3. The van der Waals surface area contributed by atoms with Gasteiger partial charge in [-0.2, -0.15) is 5.10 Å². The quantitative estimate of drug-likeness (QED) is 0.700. The summed E-state index contributed by atoms with van der Waals surface area (Å²) in [5.74, 6) is 0.950. The Bertz CT molecular complexity index is 501. The van der Waals surface area contributed by atoms with Gasteiger partial charge in [-0.1, -0.05) is 0 Å². The lowest BCUT2D eigenvalue weighted by Gasteiger charge is -2.05. The zero-order valence-corrected chi connectivity index (χ0v) is 8.64. The maximum absolute atomic E-state index is 4.38. The van der Waals surface area contributed by atoms with Crippen LogP contribution in [0.2, 0.25) is 0 Å². The molecule has 0 aliphatic heterocycles. The molecular formula is C11H12N4. The molecule has 0 saturated carbocycles. The maximum atomic E-state index is 4.38. The molecule has 0 radical (unpaired) electrons. The van der Waals surface area contributed by atoms with Crippen LogP contribution < -0.4 is 0 Å². The summed E-state index contributed by atoms with van der Waals surface area (Å²) in [6.45, 7) is 1.98. The smallest absolute Gasteiger partial charge is 0.160 e. The summed E-state index contributed by atoms with van der Waals surface area (Å²) in [5.41, 5.74) is 3.47. The van der Waals surface area contributed by atoms with Crippen molar-refractivity contribution in [2.45, 2.75) is 26.2 Å². The van der Waals surface area contributed by atoms with E-state index in [0.717, 1.165) is 24.4 Å². The Morgan fingerprint density at radius 2 is 2.20 bits per heavy atom. The summed E-state index contributed by atoms with van der Waals surface area (Å²) >= 11 is 0. The van der Waals surface area contributed by atoms with Crippen molar-refractivity contribution >= 4 is 0 Å². The number of nitrogens with zero attached hydrogens (tertiary/aromatic N) is 4. The van der Waals surface area contributed by atoms with E-state index in [1.165, 1.54) is 17.7 Å². The summed E-state index contributed by atoms with van der Waals surface area (Å²) < 4.78 is 1.85. The minimum Gasteiger partial charge on any atom is -0.241 e. The molecule has 0 unspecified atom stereocenters. The molecule has 1 aliphatic carbocycles. The second-order valence-corrected chi connectivity index (χ2v) is 3.88. The van der Waals surface area contributed by atoms with E-state index in [1.807, 2.05) is 23.9 Å². The van der Waals surface area contributed by atoms with E-state index in [2.05, 4.69) is 15.1 Å². The van der Waals surface area contributed by atoms with Gasteiger partial charge in [0.15, 0.2) is 5.82 Å². The molecule has 0 aromatic carbocycles. The number of aryl methyl sites for hydroxylation is 2. The maximum Gasteiger partial charge on any atom is 0.160 e. The molecular weight excluding hydrogens is 188 g/mol. The first-order valence-corrected chi connectivity index (χ1v) is 5.20. The predicted molar refractivity (Wildman–Crippen MR) is 55.9 cm³/mol. The van der Waals surface area contributed by atoms with Crippen LogP contribution in [0.5, 0.6) is 0 Å². The second kappa shape index (κ2) is 3.15. The van der Waals surface area contributed by atoms with Gasteiger partial charge in [-0.3, -0.25) is 0 Å². The molecule has 0 fully saturated rings. The first-order valence-electron chi connectivity index (χ1n) is 5.20. The van der Waals surface area contributed by atoms with E-state index in [4.69, 9.17) is 0 Å². The van der Waals surface area contributed by atoms with Crippen LogP contribution in [0.25, 0.3) is 5.82 Å². The van der Waals surface area contributed by atoms with Gasteiger partial charge in [0, 0.05) is 17.5 Å². The van der Waals surface area contributed by atoms with Crippen molar-refractivity contribution in [2.75, 3.05) is 0 Å². The lowest BCUT2D eigenvalue weighted by atomic mass is 10.2. The van der Waals surface area contributed by atoms with Crippen LogP contribution in [0.1, 0.15) is 23.4 Å². The highest BCUT2D eigenvalue weighted by molar-refractivity contribution is 5.38. The molecule has 0 amide bonds. The second-order valence-electron chi connectivity index (χ2n) is 3.88. The lowest BCUT2D eigenvalue weighted by Crippen LogP contribution is -2.04. The van der Waals surface area contributed by atoms with Crippen molar-refractivity contribution in [3.05, 3.63) is 35.5 Å². The van der Waals surface area contributed by atoms with Crippen LogP contribution in [0.3, 0.4) is 0 Å². The standard InChI is InChI=1S/C11H12N4/c1-8-5-6-15(14-8)11-9-3-2-4-10(9)12-7-13-11/h5-7H,2-4H2,1H3. The Kier molecular flexibility index (Phi) is 1.80. The monoisotopic (exact) mass is 200 g/mol. The Morgan fingerprint density at radius 1 is 1.27 bits per heavy atom. The van der Waals surface area contributed by atoms with Crippen molar-refractivity contribution in [1.29, 1.82) is 0 Å². The van der Waals surface area contributed by atoms with Gasteiger partial charge in [-0.15, -0.1) is 0 Å². The average Bonchev–Trinajstić information content (AvgIpc) is 2.84. The third kappa shape index (κ3) is 1.33. The van der Waals surface area contributed by atoms with Crippen molar-refractivity contribution in [1.82, 2.24) is 19.7 Å². The molecule has 0 spiro atoms. The van der Waals surface area contributed by atoms with Crippen LogP contribution in [-0.4, -0.2) is 19.7 Å². The number of fused-ring (bicyclic) bond motifs is 1. The minimum absolute atomic E-state index is 0.950. The SMILES string of the molecule is Cc1ccn(-c2ncnc3c2CCC3)n1. The highest BCUT2D eigenvalue weighted by Crippen LogP contribution is 2.23. The molecule has 1 aliphatic rings. The normalized spacial score (nSPS) is 14.2. The van der Waals surface area contributed by atoms with Gasteiger partial charge in [0.05, 0.1) is 5.69 Å². The third-order valence-electron chi connectivity index (χ3n) is 2.79. The van der Waals surface area contributed by atoms with Crippen LogP contribution in [0, 0.1) is 6.92 Å². The Balaban J connectivity index is 2.16.